The summed E-state index contributed by atoms with van der Waals surface area (Å²) in [4.78, 5) is 10.0. The molecule has 0 amide bonds. The Kier molecular flexibility index (Phi) is 2.64. The Morgan fingerprint density at radius 1 is 1.19 bits per heavy atom. The number of hydrogen-bond acceptors (Lipinski definition) is 2. The first-order chi connectivity index (χ1) is 7.70. The lowest BCUT2D eigenvalue weighted by Crippen LogP contribution is -1.95. The van der Waals surface area contributed by atoms with Crippen LogP contribution in [0.25, 0.3) is 11.1 Å². The quantitative estimate of drug-likeness (QED) is 0.571. The highest BCUT2D eigenvalue weighted by Crippen LogP contribution is 2.31. The molecule has 2 rings (SSSR count). The predicted molar refractivity (Wildman–Crippen MR) is 57.3 cm³/mol. The van der Waals surface area contributed by atoms with E-state index < -0.39 is 16.4 Å². The van der Waals surface area contributed by atoms with Gasteiger partial charge in [-0.2, -0.15) is 4.39 Å². The molecule has 0 bridgehead atoms. The van der Waals surface area contributed by atoms with Crippen molar-refractivity contribution < 1.29 is 9.31 Å². The normalized spacial score (nSPS) is 10.1. The summed E-state index contributed by atoms with van der Waals surface area (Å²) < 4.78 is 13.3. The first kappa shape index (κ1) is 10.3. The summed E-state index contributed by atoms with van der Waals surface area (Å²) in [7, 11) is 0. The molecule has 0 saturated carbocycles. The van der Waals surface area contributed by atoms with E-state index in [2.05, 4.69) is 6.07 Å². The number of nitro benzene ring substituents is 1. The first-order valence-electron chi connectivity index (χ1n) is 4.60. The van der Waals surface area contributed by atoms with Crippen molar-refractivity contribution in [2.75, 3.05) is 0 Å². The third-order valence-electron chi connectivity index (χ3n) is 2.19. The largest absolute Gasteiger partial charge is 0.313 e. The summed E-state index contributed by atoms with van der Waals surface area (Å²) in [5.41, 5.74) is 0.345. The molecule has 1 radical (unpaired) electrons. The summed E-state index contributed by atoms with van der Waals surface area (Å²) in [6, 6.07) is 13.7. The van der Waals surface area contributed by atoms with Gasteiger partial charge in [-0.1, -0.05) is 36.4 Å². The summed E-state index contributed by atoms with van der Waals surface area (Å²) in [6.07, 6.45) is 0. The minimum Gasteiger partial charge on any atom is -0.258 e. The first-order valence-corrected chi connectivity index (χ1v) is 4.60. The van der Waals surface area contributed by atoms with Crippen LogP contribution in [-0.2, 0) is 0 Å². The van der Waals surface area contributed by atoms with Gasteiger partial charge in [0, 0.05) is 6.07 Å². The summed E-state index contributed by atoms with van der Waals surface area (Å²) in [5.74, 6) is -0.939. The van der Waals surface area contributed by atoms with Crippen molar-refractivity contribution in [3.8, 4) is 11.1 Å². The van der Waals surface area contributed by atoms with Crippen LogP contribution in [0.3, 0.4) is 0 Å². The number of hydrogen-bond donors (Lipinski definition) is 0. The van der Waals surface area contributed by atoms with Gasteiger partial charge in [0.1, 0.15) is 0 Å². The van der Waals surface area contributed by atoms with Crippen LogP contribution in [-0.4, -0.2) is 4.92 Å². The molecule has 0 saturated heterocycles. The fourth-order valence-electron chi connectivity index (χ4n) is 1.49. The molecule has 0 fully saturated rings. The molecule has 2 aromatic carbocycles. The number of nitrogens with zero attached hydrogens (tertiary/aromatic N) is 1. The number of nitro groups is 1. The Morgan fingerprint density at radius 3 is 2.50 bits per heavy atom. The predicted octanol–water partition coefficient (Wildman–Crippen LogP) is 3.20. The van der Waals surface area contributed by atoms with Crippen molar-refractivity contribution >= 4 is 5.69 Å². The van der Waals surface area contributed by atoms with E-state index in [1.165, 1.54) is 12.1 Å². The van der Waals surface area contributed by atoms with E-state index in [0.717, 1.165) is 0 Å². The Balaban J connectivity index is 2.66. The Morgan fingerprint density at radius 2 is 1.88 bits per heavy atom. The van der Waals surface area contributed by atoms with Gasteiger partial charge in [0.2, 0.25) is 5.82 Å². The molecule has 0 aromatic heterocycles. The number of halogens is 1. The van der Waals surface area contributed by atoms with Crippen LogP contribution >= 0.6 is 0 Å². The lowest BCUT2D eigenvalue weighted by Gasteiger charge is -2.02. The Hall–Kier alpha value is -2.23. The minimum absolute atomic E-state index is 0.266. The van der Waals surface area contributed by atoms with Crippen molar-refractivity contribution in [3.05, 3.63) is 64.5 Å². The molecule has 0 N–H and O–H groups in total. The smallest absolute Gasteiger partial charge is 0.258 e. The van der Waals surface area contributed by atoms with Crippen molar-refractivity contribution in [2.24, 2.45) is 0 Å². The van der Waals surface area contributed by atoms with E-state index in [9.17, 15) is 14.5 Å². The van der Waals surface area contributed by atoms with Crippen LogP contribution in [0, 0.1) is 22.0 Å². The van der Waals surface area contributed by atoms with Gasteiger partial charge in [0.15, 0.2) is 0 Å². The van der Waals surface area contributed by atoms with Crippen LogP contribution in [0.2, 0.25) is 0 Å². The molecular weight excluding hydrogens is 209 g/mol. The molecule has 0 unspecified atom stereocenters. The zero-order chi connectivity index (χ0) is 11.5. The van der Waals surface area contributed by atoms with Gasteiger partial charge in [-0.3, -0.25) is 10.1 Å². The van der Waals surface area contributed by atoms with Crippen LogP contribution in [0.15, 0.2) is 42.5 Å². The standard InChI is InChI=1S/C12H7FNO2/c13-11-8-4-7-10(12(11)14(15)16)9-5-2-1-3-6-9/h1-7H. The van der Waals surface area contributed by atoms with Crippen LogP contribution in [0.1, 0.15) is 0 Å². The second kappa shape index (κ2) is 4.10. The van der Waals surface area contributed by atoms with E-state index in [-0.39, 0.29) is 5.56 Å². The van der Waals surface area contributed by atoms with Gasteiger partial charge in [0.25, 0.3) is 0 Å². The summed E-state index contributed by atoms with van der Waals surface area (Å²) >= 11 is 0. The molecule has 3 nitrogen and oxygen atoms in total. The van der Waals surface area contributed by atoms with E-state index in [1.54, 1.807) is 30.3 Å². The maximum atomic E-state index is 13.3. The molecular formula is C12H7FNO2. The highest BCUT2D eigenvalue weighted by molar-refractivity contribution is 5.73. The van der Waals surface area contributed by atoms with Gasteiger partial charge in [0.05, 0.1) is 10.5 Å². The second-order valence-corrected chi connectivity index (χ2v) is 3.18. The zero-order valence-corrected chi connectivity index (χ0v) is 8.18. The summed E-state index contributed by atoms with van der Waals surface area (Å²) in [5, 5.41) is 10.8. The van der Waals surface area contributed by atoms with Gasteiger partial charge in [-0.05, 0) is 11.6 Å². The average molecular weight is 216 g/mol. The highest BCUT2D eigenvalue weighted by Gasteiger charge is 2.20. The average Bonchev–Trinajstić information content (AvgIpc) is 2.29. The molecule has 0 heterocycles. The third kappa shape index (κ3) is 1.77. The van der Waals surface area contributed by atoms with Crippen molar-refractivity contribution in [1.29, 1.82) is 0 Å². The van der Waals surface area contributed by atoms with Gasteiger partial charge in [-0.15, -0.1) is 0 Å². The van der Waals surface area contributed by atoms with Crippen molar-refractivity contribution in [1.82, 2.24) is 0 Å². The van der Waals surface area contributed by atoms with E-state index >= 15 is 0 Å². The second-order valence-electron chi connectivity index (χ2n) is 3.18. The van der Waals surface area contributed by atoms with Gasteiger partial charge < -0.3 is 0 Å². The van der Waals surface area contributed by atoms with Crippen LogP contribution in [0.4, 0.5) is 10.1 Å². The van der Waals surface area contributed by atoms with Gasteiger partial charge >= 0.3 is 5.69 Å². The van der Waals surface area contributed by atoms with Crippen LogP contribution < -0.4 is 0 Å². The Bertz CT molecular complexity index is 526. The molecule has 79 valence electrons. The topological polar surface area (TPSA) is 43.1 Å². The molecule has 0 atom stereocenters. The fourth-order valence-corrected chi connectivity index (χ4v) is 1.49. The molecule has 4 heteroatoms. The van der Waals surface area contributed by atoms with E-state index in [0.29, 0.717) is 5.56 Å². The summed E-state index contributed by atoms with van der Waals surface area (Å²) in [6.45, 7) is 0. The minimum atomic E-state index is -0.939. The molecule has 0 aliphatic rings. The molecule has 0 aliphatic heterocycles. The van der Waals surface area contributed by atoms with E-state index in [4.69, 9.17) is 0 Å². The van der Waals surface area contributed by atoms with Crippen molar-refractivity contribution in [3.63, 3.8) is 0 Å². The van der Waals surface area contributed by atoms with Gasteiger partial charge in [-0.25, -0.2) is 0 Å². The zero-order valence-electron chi connectivity index (χ0n) is 8.18. The lowest BCUT2D eigenvalue weighted by atomic mass is 10.0. The maximum absolute atomic E-state index is 13.3. The molecule has 0 spiro atoms. The SMILES string of the molecule is O=[N+]([O-])c1c(F)[c]ccc1-c1ccccc1. The molecule has 16 heavy (non-hydrogen) atoms. The third-order valence-corrected chi connectivity index (χ3v) is 2.19. The van der Waals surface area contributed by atoms with E-state index in [1.807, 2.05) is 0 Å². The lowest BCUT2D eigenvalue weighted by molar-refractivity contribution is -0.386. The Labute approximate surface area is 91.3 Å². The molecule has 0 aliphatic carbocycles. The monoisotopic (exact) mass is 216 g/mol. The fraction of sp³-hybridized carbons (Fsp3) is 0. The molecule has 2 aromatic rings. The van der Waals surface area contributed by atoms with Crippen molar-refractivity contribution in [2.45, 2.75) is 0 Å². The number of benzene rings is 2. The highest BCUT2D eigenvalue weighted by atomic mass is 19.1. The maximum Gasteiger partial charge on any atom is 0.313 e. The van der Waals surface area contributed by atoms with Crippen LogP contribution in [0.5, 0.6) is 0 Å². The number of rotatable bonds is 2.